The van der Waals surface area contributed by atoms with Crippen LogP contribution in [0.2, 0.25) is 0 Å². The molecular weight excluding hydrogens is 220 g/mol. The Kier molecular flexibility index (Phi) is 1.86. The molecule has 1 aliphatic rings. The summed E-state index contributed by atoms with van der Waals surface area (Å²) in [5.74, 6) is -0.648. The van der Waals surface area contributed by atoms with Gasteiger partial charge in [-0.15, -0.1) is 0 Å². The Morgan fingerprint density at radius 2 is 2.06 bits per heavy atom. The summed E-state index contributed by atoms with van der Waals surface area (Å²) in [5.41, 5.74) is -0.708. The molecule has 1 aromatic heterocycles. The molecule has 86 valence electrons. The van der Waals surface area contributed by atoms with Gasteiger partial charge in [0.15, 0.2) is 0 Å². The van der Waals surface area contributed by atoms with Gasteiger partial charge in [-0.05, 0) is 25.0 Å². The molecule has 0 bridgehead atoms. The molecule has 0 radical (unpaired) electrons. The van der Waals surface area contributed by atoms with E-state index in [4.69, 9.17) is 5.11 Å². The van der Waals surface area contributed by atoms with Crippen LogP contribution in [0.25, 0.3) is 10.9 Å². The fraction of sp³-hybridized carbons (Fsp3) is 0.250. The second-order valence-electron chi connectivity index (χ2n) is 4.32. The van der Waals surface area contributed by atoms with Gasteiger partial charge in [0.05, 0.1) is 10.9 Å². The molecule has 0 aliphatic heterocycles. The SMILES string of the molecule is O=C(O)C1(c2nc3ccccc3c(=O)[nH]2)CC1. The first-order valence-electron chi connectivity index (χ1n) is 5.36. The highest BCUT2D eigenvalue weighted by Gasteiger charge is 2.54. The number of aromatic nitrogens is 2. The van der Waals surface area contributed by atoms with Gasteiger partial charge in [0.2, 0.25) is 0 Å². The molecule has 0 atom stereocenters. The van der Waals surface area contributed by atoms with E-state index in [1.807, 2.05) is 0 Å². The van der Waals surface area contributed by atoms with Gasteiger partial charge in [0, 0.05) is 0 Å². The van der Waals surface area contributed by atoms with Crippen molar-refractivity contribution >= 4 is 16.9 Å². The Bertz CT molecular complexity index is 671. The largest absolute Gasteiger partial charge is 0.480 e. The zero-order chi connectivity index (χ0) is 12.0. The molecule has 1 heterocycles. The number of carboxylic acid groups (broad SMARTS) is 1. The first-order valence-corrected chi connectivity index (χ1v) is 5.36. The lowest BCUT2D eigenvalue weighted by molar-refractivity contribution is -0.140. The first kappa shape index (κ1) is 10.0. The van der Waals surface area contributed by atoms with Crippen molar-refractivity contribution in [3.8, 4) is 0 Å². The van der Waals surface area contributed by atoms with Crippen LogP contribution in [-0.2, 0) is 10.2 Å². The summed E-state index contributed by atoms with van der Waals surface area (Å²) in [7, 11) is 0. The Labute approximate surface area is 96.1 Å². The Morgan fingerprint density at radius 3 is 2.71 bits per heavy atom. The highest BCUT2D eigenvalue weighted by Crippen LogP contribution is 2.46. The highest BCUT2D eigenvalue weighted by molar-refractivity contribution is 5.85. The number of nitrogens with one attached hydrogen (secondary N) is 1. The van der Waals surface area contributed by atoms with Crippen LogP contribution in [0, 0.1) is 0 Å². The lowest BCUT2D eigenvalue weighted by Crippen LogP contribution is -2.26. The highest BCUT2D eigenvalue weighted by atomic mass is 16.4. The van der Waals surface area contributed by atoms with Crippen molar-refractivity contribution in [2.75, 3.05) is 0 Å². The molecule has 1 fully saturated rings. The smallest absolute Gasteiger partial charge is 0.317 e. The van der Waals surface area contributed by atoms with Gasteiger partial charge in [0.25, 0.3) is 5.56 Å². The first-order chi connectivity index (χ1) is 8.13. The number of H-pyrrole nitrogens is 1. The van der Waals surface area contributed by atoms with Gasteiger partial charge >= 0.3 is 5.97 Å². The van der Waals surface area contributed by atoms with Crippen molar-refractivity contribution in [3.63, 3.8) is 0 Å². The third-order valence-electron chi connectivity index (χ3n) is 3.23. The van der Waals surface area contributed by atoms with E-state index in [0.29, 0.717) is 23.7 Å². The second kappa shape index (κ2) is 3.16. The lowest BCUT2D eigenvalue weighted by atomic mass is 10.1. The van der Waals surface area contributed by atoms with Gasteiger partial charge in [0.1, 0.15) is 11.2 Å². The number of aliphatic carboxylic acids is 1. The molecule has 2 aromatic rings. The van der Waals surface area contributed by atoms with Gasteiger partial charge < -0.3 is 10.1 Å². The predicted octanol–water partition coefficient (Wildman–Crippen LogP) is 1.04. The molecule has 5 nitrogen and oxygen atoms in total. The van der Waals surface area contributed by atoms with Crippen molar-refractivity contribution in [1.29, 1.82) is 0 Å². The van der Waals surface area contributed by atoms with Crippen LogP contribution >= 0.6 is 0 Å². The molecule has 0 unspecified atom stereocenters. The van der Waals surface area contributed by atoms with Crippen LogP contribution in [0.1, 0.15) is 18.7 Å². The van der Waals surface area contributed by atoms with E-state index in [9.17, 15) is 9.59 Å². The maximum absolute atomic E-state index is 11.8. The zero-order valence-electron chi connectivity index (χ0n) is 8.93. The number of carbonyl (C=O) groups is 1. The molecule has 0 amide bonds. The number of para-hydroxylation sites is 1. The number of hydrogen-bond donors (Lipinski definition) is 2. The monoisotopic (exact) mass is 230 g/mol. The van der Waals surface area contributed by atoms with Gasteiger partial charge in [-0.2, -0.15) is 0 Å². The van der Waals surface area contributed by atoms with Crippen LogP contribution in [0.4, 0.5) is 0 Å². The van der Waals surface area contributed by atoms with Crippen molar-refractivity contribution in [2.24, 2.45) is 0 Å². The molecule has 3 rings (SSSR count). The molecule has 1 aromatic carbocycles. The molecule has 1 saturated carbocycles. The predicted molar refractivity (Wildman–Crippen MR) is 60.9 cm³/mol. The summed E-state index contributed by atoms with van der Waals surface area (Å²) in [6, 6.07) is 6.92. The fourth-order valence-electron chi connectivity index (χ4n) is 1.99. The molecule has 1 aliphatic carbocycles. The van der Waals surface area contributed by atoms with Gasteiger partial charge in [-0.3, -0.25) is 9.59 Å². The summed E-state index contributed by atoms with van der Waals surface area (Å²) >= 11 is 0. The fourth-order valence-corrected chi connectivity index (χ4v) is 1.99. The minimum absolute atomic E-state index is 0.272. The summed E-state index contributed by atoms with van der Waals surface area (Å²) in [5, 5.41) is 9.64. The van der Waals surface area contributed by atoms with Crippen LogP contribution in [0.5, 0.6) is 0 Å². The van der Waals surface area contributed by atoms with E-state index in [2.05, 4.69) is 9.97 Å². The normalized spacial score (nSPS) is 16.9. The molecular formula is C12H10N2O3. The van der Waals surface area contributed by atoms with E-state index < -0.39 is 11.4 Å². The maximum Gasteiger partial charge on any atom is 0.317 e. The minimum atomic E-state index is -0.969. The summed E-state index contributed by atoms with van der Waals surface area (Å²) in [6.45, 7) is 0. The Balaban J connectivity index is 2.27. The van der Waals surface area contributed by atoms with Crippen molar-refractivity contribution < 1.29 is 9.90 Å². The summed E-state index contributed by atoms with van der Waals surface area (Å²) in [4.78, 5) is 29.8. The molecule has 0 spiro atoms. The number of carboxylic acids is 1. The van der Waals surface area contributed by atoms with E-state index in [-0.39, 0.29) is 11.4 Å². The van der Waals surface area contributed by atoms with Crippen LogP contribution < -0.4 is 5.56 Å². The average Bonchev–Trinajstić information content (AvgIpc) is 3.10. The third-order valence-corrected chi connectivity index (χ3v) is 3.23. The zero-order valence-corrected chi connectivity index (χ0v) is 8.93. The molecule has 5 heteroatoms. The van der Waals surface area contributed by atoms with E-state index >= 15 is 0 Å². The molecule has 0 saturated heterocycles. The quantitative estimate of drug-likeness (QED) is 0.807. The number of fused-ring (bicyclic) bond motifs is 1. The third kappa shape index (κ3) is 1.35. The maximum atomic E-state index is 11.8. The Hall–Kier alpha value is -2.17. The number of aromatic amines is 1. The number of rotatable bonds is 2. The number of nitrogens with zero attached hydrogens (tertiary/aromatic N) is 1. The number of hydrogen-bond acceptors (Lipinski definition) is 3. The molecule has 17 heavy (non-hydrogen) atoms. The van der Waals surface area contributed by atoms with Gasteiger partial charge in [-0.25, -0.2) is 4.98 Å². The standard InChI is InChI=1S/C12H10N2O3/c15-9-7-3-1-2-4-8(7)13-10(14-9)12(5-6-12)11(16)17/h1-4H,5-6H2,(H,16,17)(H,13,14,15). The lowest BCUT2D eigenvalue weighted by Gasteiger charge is -2.09. The number of benzene rings is 1. The second-order valence-corrected chi connectivity index (χ2v) is 4.32. The van der Waals surface area contributed by atoms with Crippen molar-refractivity contribution in [2.45, 2.75) is 18.3 Å². The van der Waals surface area contributed by atoms with Crippen LogP contribution in [0.15, 0.2) is 29.1 Å². The van der Waals surface area contributed by atoms with E-state index in [1.165, 1.54) is 0 Å². The van der Waals surface area contributed by atoms with Crippen molar-refractivity contribution in [3.05, 3.63) is 40.4 Å². The van der Waals surface area contributed by atoms with Gasteiger partial charge in [-0.1, -0.05) is 12.1 Å². The van der Waals surface area contributed by atoms with E-state index in [1.54, 1.807) is 24.3 Å². The summed E-state index contributed by atoms with van der Waals surface area (Å²) < 4.78 is 0. The average molecular weight is 230 g/mol. The van der Waals surface area contributed by atoms with Crippen molar-refractivity contribution in [1.82, 2.24) is 9.97 Å². The van der Waals surface area contributed by atoms with Crippen LogP contribution in [0.3, 0.4) is 0 Å². The van der Waals surface area contributed by atoms with Crippen LogP contribution in [-0.4, -0.2) is 21.0 Å². The minimum Gasteiger partial charge on any atom is -0.480 e. The summed E-state index contributed by atoms with van der Waals surface area (Å²) in [6.07, 6.45) is 1.06. The topological polar surface area (TPSA) is 83.0 Å². The van der Waals surface area contributed by atoms with E-state index in [0.717, 1.165) is 0 Å². The molecule has 2 N–H and O–H groups in total. The Morgan fingerprint density at radius 1 is 1.35 bits per heavy atom.